The van der Waals surface area contributed by atoms with Gasteiger partial charge in [0.2, 0.25) is 11.8 Å². The second-order valence-electron chi connectivity index (χ2n) is 11.9. The van der Waals surface area contributed by atoms with E-state index in [9.17, 15) is 9.59 Å². The number of rotatable bonds is 1. The molecule has 0 aliphatic carbocycles. The van der Waals surface area contributed by atoms with Gasteiger partial charge in [0.25, 0.3) is 5.91 Å². The molecule has 206 valence electrons. The van der Waals surface area contributed by atoms with Gasteiger partial charge < -0.3 is 20.5 Å². The van der Waals surface area contributed by atoms with Crippen LogP contribution in [0.3, 0.4) is 0 Å². The van der Waals surface area contributed by atoms with E-state index in [1.54, 1.807) is 11.0 Å². The van der Waals surface area contributed by atoms with Crippen LogP contribution in [-0.2, 0) is 11.2 Å². The number of carbonyl (C=O) groups excluding carboxylic acids is 2. The second-order valence-corrected chi connectivity index (χ2v) is 11.9. The number of hydrogen-bond acceptors (Lipinski definition) is 7. The maximum Gasteiger partial charge on any atom is 0.251 e. The monoisotopic (exact) mass is 531 g/mol. The third kappa shape index (κ3) is 4.72. The third-order valence-corrected chi connectivity index (χ3v) is 8.64. The molecular weight excluding hydrogens is 494 g/mol. The van der Waals surface area contributed by atoms with Gasteiger partial charge in [-0.05, 0) is 69.4 Å². The molecule has 1 aromatic carbocycles. The minimum Gasteiger partial charge on any atom is -0.493 e. The molecule has 2 amide bonds. The maximum absolute atomic E-state index is 13.6. The summed E-state index contributed by atoms with van der Waals surface area (Å²) in [6.07, 6.45) is 7.65. The van der Waals surface area contributed by atoms with Gasteiger partial charge in [-0.3, -0.25) is 14.5 Å². The summed E-state index contributed by atoms with van der Waals surface area (Å²) >= 11 is 0. The molecule has 0 spiro atoms. The molecule has 0 saturated heterocycles. The van der Waals surface area contributed by atoms with E-state index in [0.717, 1.165) is 48.8 Å². The summed E-state index contributed by atoms with van der Waals surface area (Å²) in [5, 5.41) is 3.24. The van der Waals surface area contributed by atoms with Crippen molar-refractivity contribution in [3.63, 3.8) is 0 Å². The molecule has 0 fully saturated rings. The van der Waals surface area contributed by atoms with Gasteiger partial charge in [0, 0.05) is 35.7 Å². The molecule has 2 aromatic rings. The lowest BCUT2D eigenvalue weighted by Crippen LogP contribution is -2.53. The molecule has 6 bridgehead atoms. The minimum atomic E-state index is -0.489. The minimum absolute atomic E-state index is 0.0213. The van der Waals surface area contributed by atoms with Gasteiger partial charge >= 0.3 is 0 Å². The first-order valence-corrected chi connectivity index (χ1v) is 14.1. The number of guanidine groups is 1. The molecule has 7 rings (SSSR count). The van der Waals surface area contributed by atoms with Crippen LogP contribution in [0, 0.1) is 0 Å². The molecule has 3 N–H and O–H groups in total. The quantitative estimate of drug-likeness (QED) is 0.564. The van der Waals surface area contributed by atoms with Crippen LogP contribution in [0.2, 0.25) is 0 Å². The molecule has 9 nitrogen and oxygen atoms in total. The number of aliphatic imine (C=N–C) groups is 1. The van der Waals surface area contributed by atoms with Crippen molar-refractivity contribution in [2.24, 2.45) is 10.7 Å². The number of aromatic nitrogens is 1. The van der Waals surface area contributed by atoms with E-state index < -0.39 is 11.1 Å². The zero-order valence-corrected chi connectivity index (χ0v) is 23.0. The summed E-state index contributed by atoms with van der Waals surface area (Å²) in [6, 6.07) is 6.97. The van der Waals surface area contributed by atoms with Gasteiger partial charge in [-0.2, -0.15) is 0 Å². The molecule has 5 aliphatic heterocycles. The smallest absolute Gasteiger partial charge is 0.251 e. The van der Waals surface area contributed by atoms with Crippen LogP contribution < -0.4 is 20.5 Å². The van der Waals surface area contributed by atoms with Gasteiger partial charge in [-0.15, -0.1) is 0 Å². The Hall–Kier alpha value is -3.62. The zero-order chi connectivity index (χ0) is 27.4. The number of nitrogens with one attached hydrogen (secondary N) is 1. The molecule has 5 aliphatic rings. The highest BCUT2D eigenvalue weighted by molar-refractivity contribution is 6.00. The van der Waals surface area contributed by atoms with E-state index in [0.29, 0.717) is 43.1 Å². The van der Waals surface area contributed by atoms with Crippen molar-refractivity contribution in [2.75, 3.05) is 6.61 Å². The third-order valence-electron chi connectivity index (χ3n) is 8.64. The fourth-order valence-corrected chi connectivity index (χ4v) is 6.52. The highest BCUT2D eigenvalue weighted by Crippen LogP contribution is 2.42. The number of nitrogens with zero attached hydrogens (tertiary/aromatic N) is 3. The number of amides is 2. The lowest BCUT2D eigenvalue weighted by Gasteiger charge is -2.42. The average Bonchev–Trinajstić information content (AvgIpc) is 2.90. The zero-order valence-electron chi connectivity index (χ0n) is 23.0. The van der Waals surface area contributed by atoms with E-state index in [-0.39, 0.29) is 29.9 Å². The summed E-state index contributed by atoms with van der Waals surface area (Å²) in [5.74, 6) is 1.28. The number of hydrogen-bond donors (Lipinski definition) is 2. The predicted molar refractivity (Wildman–Crippen MR) is 147 cm³/mol. The van der Waals surface area contributed by atoms with Crippen molar-refractivity contribution >= 4 is 17.8 Å². The number of benzene rings is 1. The Kier molecular flexibility index (Phi) is 6.27. The summed E-state index contributed by atoms with van der Waals surface area (Å²) < 4.78 is 12.1. The topological polar surface area (TPSA) is 119 Å². The van der Waals surface area contributed by atoms with E-state index in [2.05, 4.69) is 23.3 Å². The molecular formula is C30H37N5O4. The summed E-state index contributed by atoms with van der Waals surface area (Å²) in [5.41, 5.74) is 8.88. The second kappa shape index (κ2) is 9.54. The SMILES string of the molecule is CC[C@@]12CCCCc3cnc4c(c3)[C@H](CC(C)(C)O4)NC(=O)c3ccc4c(c3)[C@@H](CCO4)N(C(=O)C1)C(N)=N2. The average molecular weight is 532 g/mol. The standard InChI is InChI=1S/C30H37N5O4/c1-4-30-11-6-5-7-18-13-20-22(15-29(2,3)39-27(20)32-17-18)33-26(37)19-8-9-24-21(14-19)23(10-12-38-24)35(25(36)16-30)28(31)34-30/h8-9,13-14,17,22-23H,4-7,10-12,15-16H2,1-3H3,(H2,31,34)(H,33,37)/t22-,23+,30+/m0/s1. The van der Waals surface area contributed by atoms with Crippen LogP contribution in [0.4, 0.5) is 0 Å². The number of pyridine rings is 1. The number of nitrogens with two attached hydrogens (primary N) is 1. The molecule has 9 heteroatoms. The molecule has 6 heterocycles. The highest BCUT2D eigenvalue weighted by Gasteiger charge is 2.43. The summed E-state index contributed by atoms with van der Waals surface area (Å²) in [6.45, 7) is 6.57. The van der Waals surface area contributed by atoms with Crippen molar-refractivity contribution < 1.29 is 19.1 Å². The van der Waals surface area contributed by atoms with Gasteiger partial charge in [-0.1, -0.05) is 13.3 Å². The Morgan fingerprint density at radius 1 is 1.18 bits per heavy atom. The lowest BCUT2D eigenvalue weighted by atomic mass is 9.84. The highest BCUT2D eigenvalue weighted by atomic mass is 16.5. The van der Waals surface area contributed by atoms with Crippen LogP contribution in [0.25, 0.3) is 0 Å². The van der Waals surface area contributed by atoms with Crippen molar-refractivity contribution in [3.8, 4) is 11.6 Å². The van der Waals surface area contributed by atoms with Gasteiger partial charge in [0.1, 0.15) is 11.4 Å². The van der Waals surface area contributed by atoms with Gasteiger partial charge in [-0.25, -0.2) is 9.98 Å². The van der Waals surface area contributed by atoms with Crippen molar-refractivity contribution in [3.05, 3.63) is 52.7 Å². The largest absolute Gasteiger partial charge is 0.493 e. The van der Waals surface area contributed by atoms with Crippen LogP contribution in [-0.4, -0.2) is 45.4 Å². The number of fused-ring (bicyclic) bond motifs is 5. The first-order chi connectivity index (χ1) is 18.7. The summed E-state index contributed by atoms with van der Waals surface area (Å²) in [4.78, 5) is 38.5. The van der Waals surface area contributed by atoms with Crippen LogP contribution in [0.1, 0.15) is 105 Å². The normalized spacial score (nSPS) is 27.9. The predicted octanol–water partition coefficient (Wildman–Crippen LogP) is 4.36. The van der Waals surface area contributed by atoms with E-state index in [4.69, 9.17) is 20.2 Å². The maximum atomic E-state index is 13.6. The first kappa shape index (κ1) is 25.6. The fourth-order valence-electron chi connectivity index (χ4n) is 6.52. The Morgan fingerprint density at radius 3 is 2.82 bits per heavy atom. The van der Waals surface area contributed by atoms with Gasteiger partial charge in [0.05, 0.1) is 30.7 Å². The Morgan fingerprint density at radius 2 is 2.03 bits per heavy atom. The number of ether oxygens (including phenoxy) is 2. The van der Waals surface area contributed by atoms with E-state index in [1.165, 1.54) is 0 Å². The lowest BCUT2D eigenvalue weighted by molar-refractivity contribution is -0.132. The molecule has 1 aromatic heterocycles. The molecule has 0 saturated carbocycles. The van der Waals surface area contributed by atoms with Crippen LogP contribution >= 0.6 is 0 Å². The van der Waals surface area contributed by atoms with Gasteiger partial charge in [0.15, 0.2) is 5.96 Å². The molecule has 0 radical (unpaired) electrons. The molecule has 3 atom stereocenters. The Balaban J connectivity index is 1.44. The van der Waals surface area contributed by atoms with Crippen LogP contribution in [0.5, 0.6) is 11.6 Å². The Labute approximate surface area is 229 Å². The Bertz CT molecular complexity index is 1350. The first-order valence-electron chi connectivity index (χ1n) is 14.1. The van der Waals surface area contributed by atoms with Crippen LogP contribution in [0.15, 0.2) is 35.5 Å². The summed E-state index contributed by atoms with van der Waals surface area (Å²) in [7, 11) is 0. The molecule has 0 unspecified atom stereocenters. The van der Waals surface area contributed by atoms with E-state index >= 15 is 0 Å². The van der Waals surface area contributed by atoms with Crippen molar-refractivity contribution in [1.82, 2.24) is 15.2 Å². The van der Waals surface area contributed by atoms with E-state index in [1.807, 2.05) is 32.2 Å². The molecule has 39 heavy (non-hydrogen) atoms. The van der Waals surface area contributed by atoms with Crippen molar-refractivity contribution in [1.29, 1.82) is 0 Å². The fraction of sp³-hybridized carbons (Fsp3) is 0.533. The number of aryl methyl sites for hydroxylation is 1. The number of carbonyl (C=O) groups is 2. The van der Waals surface area contributed by atoms with Crippen molar-refractivity contribution in [2.45, 2.75) is 95.4 Å².